The van der Waals surface area contributed by atoms with E-state index < -0.39 is 48.5 Å². The number of halogens is 4. The van der Waals surface area contributed by atoms with Crippen LogP contribution in [0.15, 0.2) is 35.2 Å². The first-order chi connectivity index (χ1) is 16.3. The Morgan fingerprint density at radius 2 is 1.54 bits per heavy atom. The topological polar surface area (TPSA) is 109 Å². The quantitative estimate of drug-likeness (QED) is 0.530. The van der Waals surface area contributed by atoms with Crippen molar-refractivity contribution in [3.8, 4) is 0 Å². The second kappa shape index (κ2) is 9.38. The van der Waals surface area contributed by atoms with Gasteiger partial charge >= 0.3 is 0 Å². The Balaban J connectivity index is 1.57. The second-order valence-corrected chi connectivity index (χ2v) is 13.4. The summed E-state index contributed by atoms with van der Waals surface area (Å²) in [5, 5.41) is 1.30. The van der Waals surface area contributed by atoms with Crippen LogP contribution in [0.2, 0.25) is 5.02 Å². The lowest BCUT2D eigenvalue weighted by atomic mass is 9.84. The molecule has 2 fully saturated rings. The van der Waals surface area contributed by atoms with Gasteiger partial charge < -0.3 is 5.32 Å². The van der Waals surface area contributed by atoms with Crippen LogP contribution >= 0.6 is 11.6 Å². The lowest BCUT2D eigenvalue weighted by molar-refractivity contribution is 0.102. The van der Waals surface area contributed by atoms with Gasteiger partial charge in [-0.25, -0.2) is 34.7 Å². The van der Waals surface area contributed by atoms with Crippen LogP contribution in [0.4, 0.5) is 18.9 Å². The highest BCUT2D eigenvalue weighted by molar-refractivity contribution is 7.92. The summed E-state index contributed by atoms with van der Waals surface area (Å²) in [6.45, 7) is 0. The summed E-state index contributed by atoms with van der Waals surface area (Å²) in [4.78, 5) is 12.4. The largest absolute Gasteiger partial charge is 0.322 e. The number of sulfone groups is 1. The Labute approximate surface area is 206 Å². The van der Waals surface area contributed by atoms with E-state index in [2.05, 4.69) is 10.0 Å². The van der Waals surface area contributed by atoms with Crippen molar-refractivity contribution in [1.29, 1.82) is 0 Å². The van der Waals surface area contributed by atoms with Crippen molar-refractivity contribution >= 4 is 43.1 Å². The third-order valence-electron chi connectivity index (χ3n) is 6.59. The van der Waals surface area contributed by atoms with Gasteiger partial charge in [-0.3, -0.25) is 4.79 Å². The zero-order valence-corrected chi connectivity index (χ0v) is 20.8. The predicted molar refractivity (Wildman–Crippen MR) is 124 cm³/mol. The standard InChI is InChI=1S/C22H22ClF3N2O5S2/c1-34(30,31)28-21-11-2-3-12(21)7-15(6-11)35(32,33)19-8-13(4-5-16(19)23)22(29)27-14-9-17(24)20(26)18(25)10-14/h4-5,8-12,15,21,28H,2-3,6-7H2,1H3,(H,27,29)/t11-,12?,15?,21?/m0/s1. The molecule has 2 N–H and O–H groups in total. The van der Waals surface area contributed by atoms with Gasteiger partial charge in [-0.2, -0.15) is 0 Å². The molecule has 2 aliphatic carbocycles. The van der Waals surface area contributed by atoms with Gasteiger partial charge in [-0.15, -0.1) is 0 Å². The van der Waals surface area contributed by atoms with E-state index in [-0.39, 0.29) is 51.9 Å². The molecule has 2 bridgehead atoms. The third kappa shape index (κ3) is 5.35. The number of benzene rings is 2. The lowest BCUT2D eigenvalue weighted by Gasteiger charge is -2.35. The maximum absolute atomic E-state index is 13.5. The summed E-state index contributed by atoms with van der Waals surface area (Å²) in [5.41, 5.74) is -0.479. The molecular formula is C22H22ClF3N2O5S2. The Morgan fingerprint density at radius 3 is 2.09 bits per heavy atom. The fourth-order valence-electron chi connectivity index (χ4n) is 5.04. The molecule has 4 atom stereocenters. The van der Waals surface area contributed by atoms with E-state index in [0.717, 1.165) is 12.3 Å². The molecule has 1 amide bonds. The predicted octanol–water partition coefficient (Wildman–Crippen LogP) is 3.89. The Morgan fingerprint density at radius 1 is 0.971 bits per heavy atom. The lowest BCUT2D eigenvalue weighted by Crippen LogP contribution is -2.47. The van der Waals surface area contributed by atoms with Crippen molar-refractivity contribution in [3.05, 3.63) is 58.4 Å². The number of nitrogens with one attached hydrogen (secondary N) is 2. The fourth-order valence-corrected chi connectivity index (χ4v) is 8.35. The molecule has 2 saturated carbocycles. The van der Waals surface area contributed by atoms with Gasteiger partial charge in [0.2, 0.25) is 10.0 Å². The summed E-state index contributed by atoms with van der Waals surface area (Å²) >= 11 is 6.18. The van der Waals surface area contributed by atoms with Gasteiger partial charge in [0.25, 0.3) is 5.91 Å². The second-order valence-electron chi connectivity index (χ2n) is 9.00. The average Bonchev–Trinajstić information content (AvgIpc) is 2.97. The number of hydrogen-bond donors (Lipinski definition) is 2. The van der Waals surface area contributed by atoms with Gasteiger partial charge in [-0.1, -0.05) is 11.6 Å². The number of hydrogen-bond acceptors (Lipinski definition) is 5. The van der Waals surface area contributed by atoms with Crippen LogP contribution in [-0.4, -0.2) is 40.3 Å². The molecule has 0 heterocycles. The number of carbonyl (C=O) groups is 1. The summed E-state index contributed by atoms with van der Waals surface area (Å²) in [7, 11) is -7.44. The molecule has 2 aromatic rings. The van der Waals surface area contributed by atoms with Crippen molar-refractivity contribution in [3.63, 3.8) is 0 Å². The van der Waals surface area contributed by atoms with Crippen LogP contribution < -0.4 is 10.0 Å². The molecular weight excluding hydrogens is 529 g/mol. The normalized spacial score (nSPS) is 24.4. The van der Waals surface area contributed by atoms with Crippen LogP contribution in [0.1, 0.15) is 36.0 Å². The molecule has 13 heteroatoms. The zero-order valence-electron chi connectivity index (χ0n) is 18.4. The first-order valence-corrected chi connectivity index (χ1v) is 14.5. The van der Waals surface area contributed by atoms with E-state index in [0.29, 0.717) is 25.0 Å². The molecule has 190 valence electrons. The highest BCUT2D eigenvalue weighted by Crippen LogP contribution is 2.46. The molecule has 0 radical (unpaired) electrons. The van der Waals surface area contributed by atoms with Crippen LogP contribution in [0, 0.1) is 29.3 Å². The van der Waals surface area contributed by atoms with E-state index in [1.807, 2.05) is 0 Å². The Hall–Kier alpha value is -2.15. The van der Waals surface area contributed by atoms with Crippen LogP contribution in [0.25, 0.3) is 0 Å². The van der Waals surface area contributed by atoms with Crippen LogP contribution in [0.5, 0.6) is 0 Å². The minimum atomic E-state index is -3.99. The van der Waals surface area contributed by atoms with Gasteiger partial charge in [0.05, 0.1) is 21.4 Å². The zero-order chi connectivity index (χ0) is 25.7. The smallest absolute Gasteiger partial charge is 0.255 e. The van der Waals surface area contributed by atoms with Crippen LogP contribution in [0.3, 0.4) is 0 Å². The first kappa shape index (κ1) is 25.9. The molecule has 7 nitrogen and oxygen atoms in total. The van der Waals surface area contributed by atoms with E-state index in [4.69, 9.17) is 11.6 Å². The Kier molecular flexibility index (Phi) is 6.95. The molecule has 0 saturated heterocycles. The van der Waals surface area contributed by atoms with Gasteiger partial charge in [0.1, 0.15) is 0 Å². The SMILES string of the molecule is CS(=O)(=O)NC1C2CC[C@H]1CC(S(=O)(=O)c1cc(C(=O)Nc3cc(F)c(F)c(F)c3)ccc1Cl)C2. The minimum Gasteiger partial charge on any atom is -0.322 e. The number of amides is 1. The first-order valence-electron chi connectivity index (χ1n) is 10.7. The number of rotatable bonds is 6. The van der Waals surface area contributed by atoms with Gasteiger partial charge in [-0.05, 0) is 55.7 Å². The maximum atomic E-state index is 13.5. The molecule has 0 spiro atoms. The van der Waals surface area contributed by atoms with E-state index >= 15 is 0 Å². The number of carbonyl (C=O) groups excluding carboxylic acids is 1. The van der Waals surface area contributed by atoms with E-state index in [1.165, 1.54) is 12.1 Å². The van der Waals surface area contributed by atoms with Crippen LogP contribution in [-0.2, 0) is 19.9 Å². The molecule has 2 aromatic carbocycles. The average molecular weight is 551 g/mol. The highest BCUT2D eigenvalue weighted by atomic mass is 35.5. The highest BCUT2D eigenvalue weighted by Gasteiger charge is 2.48. The molecule has 4 rings (SSSR count). The molecule has 0 aliphatic heterocycles. The number of fused-ring (bicyclic) bond motifs is 2. The monoisotopic (exact) mass is 550 g/mol. The molecule has 2 aliphatic rings. The summed E-state index contributed by atoms with van der Waals surface area (Å²) in [5.74, 6) is -5.82. The number of anilines is 1. The third-order valence-corrected chi connectivity index (χ3v) is 9.94. The number of sulfonamides is 1. The molecule has 35 heavy (non-hydrogen) atoms. The molecule has 0 aromatic heterocycles. The van der Waals surface area contributed by atoms with Crippen molar-refractivity contribution in [2.45, 2.75) is 41.9 Å². The fraction of sp³-hybridized carbons (Fsp3) is 0.409. The van der Waals surface area contributed by atoms with Crippen molar-refractivity contribution in [2.24, 2.45) is 11.8 Å². The minimum absolute atomic E-state index is 0.0934. The summed E-state index contributed by atoms with van der Waals surface area (Å²) in [6.07, 6.45) is 2.95. The van der Waals surface area contributed by atoms with E-state index in [1.54, 1.807) is 0 Å². The summed E-state index contributed by atoms with van der Waals surface area (Å²) in [6, 6.07) is 4.46. The van der Waals surface area contributed by atoms with Crippen molar-refractivity contribution < 1.29 is 34.8 Å². The van der Waals surface area contributed by atoms with Gasteiger partial charge in [0, 0.05) is 29.4 Å². The van der Waals surface area contributed by atoms with E-state index in [9.17, 15) is 34.8 Å². The molecule has 3 unspecified atom stereocenters. The summed E-state index contributed by atoms with van der Waals surface area (Å²) < 4.78 is 93.1. The maximum Gasteiger partial charge on any atom is 0.255 e. The van der Waals surface area contributed by atoms with Crippen molar-refractivity contribution in [1.82, 2.24) is 4.72 Å². The Bertz CT molecular complexity index is 1360. The van der Waals surface area contributed by atoms with Crippen molar-refractivity contribution in [2.75, 3.05) is 11.6 Å². The van der Waals surface area contributed by atoms with Gasteiger partial charge in [0.15, 0.2) is 27.3 Å².